The first-order valence-corrected chi connectivity index (χ1v) is 8.44. The zero-order valence-electron chi connectivity index (χ0n) is 14.8. The fourth-order valence-corrected chi connectivity index (χ4v) is 2.48. The van der Waals surface area contributed by atoms with Crippen molar-refractivity contribution in [2.75, 3.05) is 34.3 Å². The molecule has 0 fully saturated rings. The summed E-state index contributed by atoms with van der Waals surface area (Å²) in [6.45, 7) is 1.24. The third-order valence-corrected chi connectivity index (χ3v) is 4.05. The fraction of sp³-hybridized carbons (Fsp3) is 0.278. The number of aliphatic hydroxyl groups is 1. The third-order valence-electron chi connectivity index (χ3n) is 3.74. The second kappa shape index (κ2) is 6.93. The highest BCUT2D eigenvalue weighted by Gasteiger charge is 2.21. The Morgan fingerprint density at radius 1 is 1.31 bits per heavy atom. The van der Waals surface area contributed by atoms with Crippen LogP contribution in [0.5, 0.6) is 5.88 Å². The molecule has 1 aliphatic rings. The minimum Gasteiger partial charge on any atom is -0.506 e. The van der Waals surface area contributed by atoms with E-state index in [1.54, 1.807) is 10.7 Å². The molecule has 0 atom stereocenters. The van der Waals surface area contributed by atoms with E-state index in [1.807, 2.05) is 18.2 Å². The Balaban J connectivity index is 2.00. The lowest BCUT2D eigenvalue weighted by Gasteiger charge is -2.23. The lowest BCUT2D eigenvalue weighted by atomic mass is 10.1. The van der Waals surface area contributed by atoms with Gasteiger partial charge in [-0.05, 0) is 18.2 Å². The number of aliphatic hydroxyl groups excluding tert-OH is 1. The van der Waals surface area contributed by atoms with Gasteiger partial charge in [0.25, 0.3) is 5.88 Å². The highest BCUT2D eigenvalue weighted by molar-refractivity contribution is 6.52. The maximum absolute atomic E-state index is 12.1. The number of pyridine rings is 1. The van der Waals surface area contributed by atoms with E-state index >= 15 is 0 Å². The average Bonchev–Trinajstić information content (AvgIpc) is 2.89. The van der Waals surface area contributed by atoms with Crippen LogP contribution in [0.4, 0.5) is 5.69 Å². The fourth-order valence-electron chi connectivity index (χ4n) is 2.32. The second-order valence-electron chi connectivity index (χ2n) is 6.93. The zero-order chi connectivity index (χ0) is 18.9. The lowest BCUT2D eigenvalue weighted by molar-refractivity contribution is -0.870. The number of carbonyl (C=O) groups is 1. The smallest absolute Gasteiger partial charge is 0.260 e. The van der Waals surface area contributed by atoms with E-state index in [0.29, 0.717) is 23.7 Å². The number of hydrogen-bond acceptors (Lipinski definition) is 5. The molecule has 0 saturated carbocycles. The highest BCUT2D eigenvalue weighted by Crippen LogP contribution is 2.32. The Morgan fingerprint density at radius 2 is 2.08 bits per heavy atom. The molecular weight excluding hydrogens is 356 g/mol. The van der Waals surface area contributed by atoms with Crippen molar-refractivity contribution < 1.29 is 19.1 Å². The van der Waals surface area contributed by atoms with Gasteiger partial charge < -0.3 is 14.3 Å². The Labute approximate surface area is 156 Å². The summed E-state index contributed by atoms with van der Waals surface area (Å²) in [6, 6.07) is 5.54. The number of likely N-dealkylation sites (N-methyl/N-ethyl adjacent to an activating group) is 1. The van der Waals surface area contributed by atoms with Crippen molar-refractivity contribution in [3.8, 4) is 5.88 Å². The average molecular weight is 376 g/mol. The summed E-state index contributed by atoms with van der Waals surface area (Å²) in [5.74, 6) is -0.359. The maximum atomic E-state index is 12.1. The molecule has 0 bridgehead atoms. The normalized spacial score (nSPS) is 16.8. The number of quaternary nitrogens is 1. The van der Waals surface area contributed by atoms with Gasteiger partial charge in [0.1, 0.15) is 24.6 Å². The van der Waals surface area contributed by atoms with Crippen LogP contribution in [0.2, 0.25) is 0 Å². The number of halogens is 1. The van der Waals surface area contributed by atoms with Crippen LogP contribution >= 0.6 is 11.6 Å². The minimum absolute atomic E-state index is 0.0623. The molecule has 2 heterocycles. The molecule has 26 heavy (non-hydrogen) atoms. The van der Waals surface area contributed by atoms with E-state index in [2.05, 4.69) is 31.2 Å². The van der Waals surface area contributed by atoms with Gasteiger partial charge in [-0.25, -0.2) is 9.51 Å². The molecule has 7 nitrogen and oxygen atoms in total. The van der Waals surface area contributed by atoms with Crippen LogP contribution in [0.3, 0.4) is 0 Å². The maximum Gasteiger partial charge on any atom is 0.260 e. The first kappa shape index (κ1) is 18.2. The van der Waals surface area contributed by atoms with Gasteiger partial charge in [-0.2, -0.15) is 0 Å². The Hall–Kier alpha value is -2.64. The van der Waals surface area contributed by atoms with E-state index in [0.717, 1.165) is 17.1 Å². The first-order valence-electron chi connectivity index (χ1n) is 8.06. The molecule has 0 amide bonds. The molecular formula is C18H20ClN4O3+. The summed E-state index contributed by atoms with van der Waals surface area (Å²) < 4.78 is 8.23. The largest absolute Gasteiger partial charge is 0.506 e. The number of ether oxygens (including phenoxy) is 1. The van der Waals surface area contributed by atoms with Gasteiger partial charge in [0.05, 0.1) is 31.7 Å². The predicted molar refractivity (Wildman–Crippen MR) is 100 cm³/mol. The van der Waals surface area contributed by atoms with E-state index in [4.69, 9.17) is 16.3 Å². The van der Waals surface area contributed by atoms with Gasteiger partial charge >= 0.3 is 0 Å². The molecule has 136 valence electrons. The van der Waals surface area contributed by atoms with Gasteiger partial charge in [-0.15, -0.1) is 5.10 Å². The molecule has 1 N–H and O–H groups in total. The summed E-state index contributed by atoms with van der Waals surface area (Å²) in [5.41, 5.74) is 1.27. The van der Waals surface area contributed by atoms with Gasteiger partial charge in [0, 0.05) is 12.3 Å². The number of allylic oxidation sites excluding steroid dienone is 3. The number of rotatable bonds is 5. The summed E-state index contributed by atoms with van der Waals surface area (Å²) in [7, 11) is 6.21. The van der Waals surface area contributed by atoms with Crippen LogP contribution in [-0.4, -0.2) is 65.0 Å². The van der Waals surface area contributed by atoms with Crippen molar-refractivity contribution in [1.29, 1.82) is 0 Å². The quantitative estimate of drug-likeness (QED) is 0.643. The number of hydrogen-bond donors (Lipinski definition) is 1. The number of nitrogens with zero attached hydrogens (tertiary/aromatic N) is 4. The predicted octanol–water partition coefficient (Wildman–Crippen LogP) is 2.64. The summed E-state index contributed by atoms with van der Waals surface area (Å²) in [5, 5.41) is 14.0. The van der Waals surface area contributed by atoms with Crippen LogP contribution in [-0.2, 0) is 4.79 Å². The van der Waals surface area contributed by atoms with Crippen LogP contribution in [0.1, 0.15) is 0 Å². The number of aliphatic imine (C=N–C) groups is 1. The topological polar surface area (TPSA) is 76.2 Å². The molecule has 0 radical (unpaired) electrons. The van der Waals surface area contributed by atoms with Gasteiger partial charge in [-0.1, -0.05) is 17.7 Å². The third kappa shape index (κ3) is 3.95. The Morgan fingerprint density at radius 3 is 2.81 bits per heavy atom. The van der Waals surface area contributed by atoms with Crippen molar-refractivity contribution >= 4 is 34.3 Å². The first-order chi connectivity index (χ1) is 12.2. The zero-order valence-corrected chi connectivity index (χ0v) is 15.6. The molecule has 0 spiro atoms. The molecule has 0 aromatic carbocycles. The van der Waals surface area contributed by atoms with Crippen molar-refractivity contribution in [2.24, 2.45) is 4.99 Å². The molecule has 0 unspecified atom stereocenters. The number of carbonyl (C=O) groups excluding carboxylic acids is 1. The number of aromatic nitrogens is 2. The van der Waals surface area contributed by atoms with E-state index < -0.39 is 5.78 Å². The standard InChI is InChI=1S/C18H19ClN4O3/c1-23(2,3)8-9-26-18-17(14-6-4-5-7-22(14)21-18)20-13-10-12(19)15(24)11-16(13)25/h4-7,10-11H,8-9H2,1-3H3/p+1. The molecule has 2 aromatic rings. The van der Waals surface area contributed by atoms with Crippen LogP contribution in [0.15, 0.2) is 52.3 Å². The van der Waals surface area contributed by atoms with Crippen molar-refractivity contribution in [2.45, 2.75) is 0 Å². The van der Waals surface area contributed by atoms with Crippen LogP contribution in [0.25, 0.3) is 5.52 Å². The highest BCUT2D eigenvalue weighted by atomic mass is 35.5. The summed E-state index contributed by atoms with van der Waals surface area (Å²) >= 11 is 5.91. The molecule has 8 heteroatoms. The van der Waals surface area contributed by atoms with Gasteiger partial charge in [-0.3, -0.25) is 4.79 Å². The summed E-state index contributed by atoms with van der Waals surface area (Å²) in [4.78, 5) is 16.6. The van der Waals surface area contributed by atoms with E-state index in [-0.39, 0.29) is 16.5 Å². The monoisotopic (exact) mass is 375 g/mol. The van der Waals surface area contributed by atoms with Crippen molar-refractivity contribution in [3.63, 3.8) is 0 Å². The number of fused-ring (bicyclic) bond motifs is 1. The van der Waals surface area contributed by atoms with Gasteiger partial charge in [0.2, 0.25) is 5.78 Å². The van der Waals surface area contributed by atoms with Crippen LogP contribution < -0.4 is 4.74 Å². The number of ketones is 1. The molecule has 1 aliphatic carbocycles. The molecule has 3 rings (SSSR count). The van der Waals surface area contributed by atoms with Crippen molar-refractivity contribution in [1.82, 2.24) is 9.61 Å². The Bertz CT molecular complexity index is 951. The molecule has 0 aliphatic heterocycles. The minimum atomic E-state index is -0.431. The Kier molecular flexibility index (Phi) is 4.84. The van der Waals surface area contributed by atoms with Crippen LogP contribution in [0, 0.1) is 0 Å². The molecule has 0 saturated heterocycles. The lowest BCUT2D eigenvalue weighted by Crippen LogP contribution is -2.38. The van der Waals surface area contributed by atoms with Crippen molar-refractivity contribution in [3.05, 3.63) is 47.3 Å². The van der Waals surface area contributed by atoms with E-state index in [9.17, 15) is 9.90 Å². The van der Waals surface area contributed by atoms with E-state index in [1.165, 1.54) is 6.08 Å². The molecule has 2 aromatic heterocycles. The second-order valence-corrected chi connectivity index (χ2v) is 7.34. The summed E-state index contributed by atoms with van der Waals surface area (Å²) in [6.07, 6.45) is 4.16. The van der Waals surface area contributed by atoms with Gasteiger partial charge in [0.15, 0.2) is 5.69 Å². The SMILES string of the molecule is C[N+](C)(C)CCOc1nn2ccccc2c1N=C1C=C(Cl)C(O)=CC1=O.